The topological polar surface area (TPSA) is 57.5 Å². The van der Waals surface area contributed by atoms with E-state index in [0.29, 0.717) is 17.9 Å². The Morgan fingerprint density at radius 1 is 1.28 bits per heavy atom. The quantitative estimate of drug-likeness (QED) is 0.784. The Balaban J connectivity index is 1.37. The molecular weight excluding hydrogens is 316 g/mol. The lowest BCUT2D eigenvalue weighted by molar-refractivity contribution is -0.142. The van der Waals surface area contributed by atoms with Gasteiger partial charge in [-0.3, -0.25) is 14.4 Å². The molecule has 7 heteroatoms. The van der Waals surface area contributed by atoms with Gasteiger partial charge in [0, 0.05) is 38.4 Å². The van der Waals surface area contributed by atoms with E-state index in [1.807, 2.05) is 18.8 Å². The molecule has 5 rings (SSSR count). The Morgan fingerprint density at radius 3 is 2.76 bits per heavy atom. The van der Waals surface area contributed by atoms with Crippen molar-refractivity contribution in [1.29, 1.82) is 0 Å². The molecule has 1 aromatic heterocycles. The molecule has 0 spiro atoms. The molecule has 25 heavy (non-hydrogen) atoms. The van der Waals surface area contributed by atoms with Gasteiger partial charge in [-0.2, -0.15) is 0 Å². The summed E-state index contributed by atoms with van der Waals surface area (Å²) >= 11 is 0. The normalized spacial score (nSPS) is 31.9. The molecule has 0 N–H and O–H groups in total. The number of amides is 1. The number of rotatable bonds is 5. The summed E-state index contributed by atoms with van der Waals surface area (Å²) in [5.41, 5.74) is 1.02. The second kappa shape index (κ2) is 7.03. The average Bonchev–Trinajstić information content (AvgIpc) is 3.26. The fourth-order valence-electron chi connectivity index (χ4n) is 4.82. The van der Waals surface area contributed by atoms with Crippen LogP contribution in [-0.4, -0.2) is 81.9 Å². The minimum absolute atomic E-state index is 0.225. The van der Waals surface area contributed by atoms with Gasteiger partial charge in [-0.15, -0.1) is 5.10 Å². The van der Waals surface area contributed by atoms with E-state index in [-0.39, 0.29) is 5.92 Å². The van der Waals surface area contributed by atoms with Gasteiger partial charge in [-0.05, 0) is 52.2 Å². The Hall–Kier alpha value is -1.47. The summed E-state index contributed by atoms with van der Waals surface area (Å²) in [6.07, 6.45) is 6.71. The van der Waals surface area contributed by atoms with Gasteiger partial charge in [-0.25, -0.2) is 0 Å². The monoisotopic (exact) mass is 346 g/mol. The average molecular weight is 346 g/mol. The molecule has 4 aliphatic rings. The van der Waals surface area contributed by atoms with Crippen LogP contribution in [0.3, 0.4) is 0 Å². The van der Waals surface area contributed by atoms with E-state index in [1.54, 1.807) is 0 Å². The number of piperidine rings is 3. The molecule has 4 fully saturated rings. The molecule has 4 saturated heterocycles. The van der Waals surface area contributed by atoms with Crippen molar-refractivity contribution < 1.29 is 4.79 Å². The third kappa shape index (κ3) is 3.58. The SMILES string of the molecule is CN(C)Cc1cn(C[C@H]2CC3CCN2C[C@@H]3C(=O)N2CCCC2)nn1. The van der Waals surface area contributed by atoms with Crippen LogP contribution in [0, 0.1) is 11.8 Å². The molecule has 1 aromatic rings. The van der Waals surface area contributed by atoms with E-state index in [4.69, 9.17) is 0 Å². The number of hydrogen-bond acceptors (Lipinski definition) is 5. The van der Waals surface area contributed by atoms with Crippen molar-refractivity contribution in [2.75, 3.05) is 40.3 Å². The zero-order chi connectivity index (χ0) is 17.4. The van der Waals surface area contributed by atoms with Crippen molar-refractivity contribution in [2.24, 2.45) is 11.8 Å². The van der Waals surface area contributed by atoms with E-state index < -0.39 is 0 Å². The minimum atomic E-state index is 0.225. The Bertz CT molecular complexity index is 608. The van der Waals surface area contributed by atoms with Gasteiger partial charge in [0.2, 0.25) is 5.91 Å². The largest absolute Gasteiger partial charge is 0.342 e. The molecule has 5 heterocycles. The van der Waals surface area contributed by atoms with E-state index in [9.17, 15) is 4.79 Å². The summed E-state index contributed by atoms with van der Waals surface area (Å²) in [7, 11) is 4.09. The highest BCUT2D eigenvalue weighted by atomic mass is 16.2. The predicted octanol–water partition coefficient (Wildman–Crippen LogP) is 0.673. The molecule has 1 amide bonds. The number of aromatic nitrogens is 3. The van der Waals surface area contributed by atoms with Crippen molar-refractivity contribution in [3.8, 4) is 0 Å². The molecule has 0 aromatic carbocycles. The van der Waals surface area contributed by atoms with E-state index in [0.717, 1.165) is 51.4 Å². The summed E-state index contributed by atoms with van der Waals surface area (Å²) in [4.78, 5) is 19.6. The van der Waals surface area contributed by atoms with E-state index >= 15 is 0 Å². The summed E-state index contributed by atoms with van der Waals surface area (Å²) in [5, 5.41) is 8.57. The predicted molar refractivity (Wildman–Crippen MR) is 94.8 cm³/mol. The van der Waals surface area contributed by atoms with Crippen molar-refractivity contribution in [1.82, 2.24) is 29.7 Å². The van der Waals surface area contributed by atoms with Crippen LogP contribution < -0.4 is 0 Å². The van der Waals surface area contributed by atoms with Crippen LogP contribution in [0.1, 0.15) is 31.4 Å². The van der Waals surface area contributed by atoms with Gasteiger partial charge < -0.3 is 9.80 Å². The molecule has 2 bridgehead atoms. The highest BCUT2D eigenvalue weighted by Gasteiger charge is 2.44. The number of hydrogen-bond donors (Lipinski definition) is 0. The first-order chi connectivity index (χ1) is 12.1. The maximum atomic E-state index is 12.8. The molecule has 0 radical (unpaired) electrons. The van der Waals surface area contributed by atoms with Gasteiger partial charge >= 0.3 is 0 Å². The Morgan fingerprint density at radius 2 is 2.08 bits per heavy atom. The molecule has 2 unspecified atom stereocenters. The summed E-state index contributed by atoms with van der Waals surface area (Å²) in [6.45, 7) is 5.71. The van der Waals surface area contributed by atoms with Gasteiger partial charge in [0.15, 0.2) is 0 Å². The van der Waals surface area contributed by atoms with Crippen LogP contribution in [0.15, 0.2) is 6.20 Å². The van der Waals surface area contributed by atoms with Gasteiger partial charge in [0.05, 0.1) is 18.2 Å². The number of carbonyl (C=O) groups excluding carboxylic acids is 1. The maximum absolute atomic E-state index is 12.8. The number of nitrogens with zero attached hydrogens (tertiary/aromatic N) is 6. The molecule has 4 aliphatic heterocycles. The molecular formula is C18H30N6O. The first kappa shape index (κ1) is 17.0. The molecule has 7 nitrogen and oxygen atoms in total. The van der Waals surface area contributed by atoms with Gasteiger partial charge in [0.25, 0.3) is 0 Å². The first-order valence-electron chi connectivity index (χ1n) is 9.67. The smallest absolute Gasteiger partial charge is 0.227 e. The van der Waals surface area contributed by atoms with Crippen molar-refractivity contribution in [2.45, 2.75) is 44.8 Å². The zero-order valence-electron chi connectivity index (χ0n) is 15.5. The third-order valence-electron chi connectivity index (χ3n) is 6.08. The molecule has 138 valence electrons. The van der Waals surface area contributed by atoms with E-state index in [1.165, 1.54) is 19.3 Å². The number of carbonyl (C=O) groups is 1. The van der Waals surface area contributed by atoms with Gasteiger partial charge in [-0.1, -0.05) is 5.21 Å². The number of fused-ring (bicyclic) bond motifs is 3. The highest BCUT2D eigenvalue weighted by Crippen LogP contribution is 2.38. The van der Waals surface area contributed by atoms with Crippen LogP contribution in [0.4, 0.5) is 0 Å². The van der Waals surface area contributed by atoms with Crippen LogP contribution in [0.2, 0.25) is 0 Å². The fourth-order valence-corrected chi connectivity index (χ4v) is 4.82. The second-order valence-electron chi connectivity index (χ2n) is 8.24. The molecule has 4 atom stereocenters. The highest BCUT2D eigenvalue weighted by molar-refractivity contribution is 5.80. The Kier molecular flexibility index (Phi) is 4.78. The fraction of sp³-hybridized carbons (Fsp3) is 0.833. The number of likely N-dealkylation sites (tertiary alicyclic amines) is 1. The lowest BCUT2D eigenvalue weighted by Gasteiger charge is -2.49. The molecule has 0 saturated carbocycles. The van der Waals surface area contributed by atoms with Crippen LogP contribution in [-0.2, 0) is 17.9 Å². The van der Waals surface area contributed by atoms with Crippen molar-refractivity contribution in [3.05, 3.63) is 11.9 Å². The van der Waals surface area contributed by atoms with Crippen LogP contribution >= 0.6 is 0 Å². The minimum Gasteiger partial charge on any atom is -0.342 e. The third-order valence-corrected chi connectivity index (χ3v) is 6.08. The summed E-state index contributed by atoms with van der Waals surface area (Å²) in [6, 6.07) is 0.496. The van der Waals surface area contributed by atoms with Crippen molar-refractivity contribution in [3.63, 3.8) is 0 Å². The maximum Gasteiger partial charge on any atom is 0.227 e. The zero-order valence-corrected chi connectivity index (χ0v) is 15.5. The lowest BCUT2D eigenvalue weighted by Crippen LogP contribution is -2.58. The van der Waals surface area contributed by atoms with E-state index in [2.05, 4.69) is 31.2 Å². The summed E-state index contributed by atoms with van der Waals surface area (Å²) in [5.74, 6) is 1.19. The molecule has 0 aliphatic carbocycles. The standard InChI is InChI=1S/C18H30N6O/c1-21(2)10-15-11-24(20-19-15)12-16-9-14-5-8-23(16)13-17(14)18(25)22-6-3-4-7-22/h11,14,16-17H,3-10,12-13H2,1-2H3/t14?,16-,17+/m1/s1. The van der Waals surface area contributed by atoms with Crippen molar-refractivity contribution >= 4 is 5.91 Å². The Labute approximate surface area is 149 Å². The van der Waals surface area contributed by atoms with Crippen LogP contribution in [0.25, 0.3) is 0 Å². The first-order valence-corrected chi connectivity index (χ1v) is 9.67. The van der Waals surface area contributed by atoms with Gasteiger partial charge in [0.1, 0.15) is 0 Å². The lowest BCUT2D eigenvalue weighted by atomic mass is 9.75. The summed E-state index contributed by atoms with van der Waals surface area (Å²) < 4.78 is 1.99. The van der Waals surface area contributed by atoms with Crippen LogP contribution in [0.5, 0.6) is 0 Å². The second-order valence-corrected chi connectivity index (χ2v) is 8.24.